The number of carboxylic acids is 2. The Labute approximate surface area is 265 Å². The molecule has 0 aliphatic carbocycles. The van der Waals surface area contributed by atoms with Crippen LogP contribution in [0.4, 0.5) is 0 Å². The Kier molecular flexibility index (Phi) is 17.4. The van der Waals surface area contributed by atoms with Crippen molar-refractivity contribution in [1.29, 1.82) is 0 Å². The summed E-state index contributed by atoms with van der Waals surface area (Å²) in [6.07, 6.45) is 2.33. The van der Waals surface area contributed by atoms with Gasteiger partial charge in [-0.15, -0.1) is 0 Å². The molecule has 15 heteroatoms. The average molecular weight is 648 g/mol. The molecule has 4 amide bonds. The first-order valence-electron chi connectivity index (χ1n) is 13.9. The molecular formula is C30H41N5O9S. The van der Waals surface area contributed by atoms with Crippen molar-refractivity contribution >= 4 is 47.3 Å². The lowest BCUT2D eigenvalue weighted by Crippen LogP contribution is -2.55. The molecule has 14 nitrogen and oxygen atoms in total. The first-order valence-corrected chi connectivity index (χ1v) is 15.3. The topological polar surface area (TPSA) is 237 Å². The van der Waals surface area contributed by atoms with E-state index in [1.807, 2.05) is 6.26 Å². The van der Waals surface area contributed by atoms with Gasteiger partial charge in [-0.2, -0.15) is 11.8 Å². The number of phenols is 1. The number of thioether (sulfide) groups is 1. The van der Waals surface area contributed by atoms with Crippen LogP contribution in [0, 0.1) is 0 Å². The highest BCUT2D eigenvalue weighted by Crippen LogP contribution is 2.11. The molecule has 4 unspecified atom stereocenters. The highest BCUT2D eigenvalue weighted by molar-refractivity contribution is 7.98. The van der Waals surface area contributed by atoms with Crippen molar-refractivity contribution in [2.24, 2.45) is 5.73 Å². The maximum Gasteiger partial charge on any atom is 0.326 e. The Morgan fingerprint density at radius 2 is 1.38 bits per heavy atom. The van der Waals surface area contributed by atoms with Gasteiger partial charge in [0, 0.05) is 13.3 Å². The minimum Gasteiger partial charge on any atom is -0.508 e. The summed E-state index contributed by atoms with van der Waals surface area (Å²) in [5.74, 6) is -3.95. The Bertz CT molecular complexity index is 1270. The smallest absolute Gasteiger partial charge is 0.326 e. The zero-order valence-corrected chi connectivity index (χ0v) is 26.1. The summed E-state index contributed by atoms with van der Waals surface area (Å²) in [6.45, 7) is 2.04. The van der Waals surface area contributed by atoms with Crippen LogP contribution in [-0.4, -0.2) is 93.6 Å². The number of carbonyl (C=O) groups excluding carboxylic acids is 4. The number of aliphatic carboxylic acids is 2. The highest BCUT2D eigenvalue weighted by atomic mass is 32.2. The Balaban J connectivity index is 0.00000238. The second-order valence-corrected chi connectivity index (χ2v) is 10.9. The lowest BCUT2D eigenvalue weighted by atomic mass is 10.0. The van der Waals surface area contributed by atoms with E-state index in [1.54, 1.807) is 42.5 Å². The summed E-state index contributed by atoms with van der Waals surface area (Å²) in [6, 6.07) is 11.0. The van der Waals surface area contributed by atoms with Gasteiger partial charge in [0.1, 0.15) is 23.9 Å². The Morgan fingerprint density at radius 1 is 0.800 bits per heavy atom. The fraction of sp³-hybridized carbons (Fsp3) is 0.400. The maximum atomic E-state index is 13.0. The molecule has 2 aromatic rings. The molecule has 246 valence electrons. The molecule has 2 aromatic carbocycles. The number of amides is 4. The van der Waals surface area contributed by atoms with Crippen molar-refractivity contribution in [2.45, 2.75) is 57.3 Å². The molecule has 0 saturated carbocycles. The lowest BCUT2D eigenvalue weighted by molar-refractivity contribution is -0.142. The number of nitrogens with one attached hydrogen (secondary N) is 4. The van der Waals surface area contributed by atoms with Gasteiger partial charge in [0.2, 0.25) is 23.6 Å². The predicted molar refractivity (Wildman–Crippen MR) is 168 cm³/mol. The van der Waals surface area contributed by atoms with Gasteiger partial charge in [0.25, 0.3) is 5.97 Å². The van der Waals surface area contributed by atoms with Crippen LogP contribution in [0.3, 0.4) is 0 Å². The van der Waals surface area contributed by atoms with E-state index in [2.05, 4.69) is 21.3 Å². The number of carboxylic acid groups (broad SMARTS) is 2. The summed E-state index contributed by atoms with van der Waals surface area (Å²) >= 11 is 1.45. The number of nitrogens with two attached hydrogens (primary N) is 1. The van der Waals surface area contributed by atoms with E-state index in [9.17, 15) is 34.2 Å². The third-order valence-electron chi connectivity index (χ3n) is 6.06. The zero-order chi connectivity index (χ0) is 33.9. The standard InChI is InChI=1S/C28H37N5O7S.C2H4O2/c1-17(31-26(37)21(29)14-19-8-10-20(34)11-9-19)25(36)30-16-24(35)32-23(15-18-6-4-3-5-7-18)27(38)33-22(28(39)40)12-13-41-2;1-2(3)4/h3-11,17,21-23,34H,12-16,29H2,1-2H3,(H,30,36)(H,31,37)(H,32,35)(H,33,38)(H,39,40);1H3,(H,3,4). The zero-order valence-electron chi connectivity index (χ0n) is 25.3. The number of hydrogen-bond acceptors (Lipinski definition) is 9. The number of phenolic OH excluding ortho intramolecular Hbond substituents is 1. The van der Waals surface area contributed by atoms with Gasteiger partial charge in [0.05, 0.1) is 12.6 Å². The van der Waals surface area contributed by atoms with Crippen LogP contribution < -0.4 is 27.0 Å². The second-order valence-electron chi connectivity index (χ2n) is 9.93. The van der Waals surface area contributed by atoms with Crippen LogP contribution in [-0.2, 0) is 41.6 Å². The number of hydrogen-bond donors (Lipinski definition) is 8. The molecule has 0 spiro atoms. The third kappa shape index (κ3) is 16.1. The van der Waals surface area contributed by atoms with E-state index < -0.39 is 66.3 Å². The molecule has 0 aliphatic rings. The molecule has 0 radical (unpaired) electrons. The third-order valence-corrected chi connectivity index (χ3v) is 6.71. The lowest BCUT2D eigenvalue weighted by Gasteiger charge is -2.22. The van der Waals surface area contributed by atoms with Gasteiger partial charge >= 0.3 is 5.97 Å². The minimum absolute atomic E-state index is 0.0868. The van der Waals surface area contributed by atoms with Gasteiger partial charge in [-0.1, -0.05) is 42.5 Å². The maximum absolute atomic E-state index is 13.0. The van der Waals surface area contributed by atoms with Gasteiger partial charge in [-0.3, -0.25) is 24.0 Å². The molecule has 9 N–H and O–H groups in total. The largest absolute Gasteiger partial charge is 0.508 e. The summed E-state index contributed by atoms with van der Waals surface area (Å²) < 4.78 is 0. The first-order chi connectivity index (χ1) is 21.2. The van der Waals surface area contributed by atoms with E-state index in [4.69, 9.17) is 15.6 Å². The second kappa shape index (κ2) is 20.3. The van der Waals surface area contributed by atoms with Crippen molar-refractivity contribution in [3.63, 3.8) is 0 Å². The molecule has 0 aromatic heterocycles. The van der Waals surface area contributed by atoms with Gasteiger partial charge in [-0.25, -0.2) is 4.79 Å². The van der Waals surface area contributed by atoms with Crippen LogP contribution in [0.5, 0.6) is 5.75 Å². The van der Waals surface area contributed by atoms with E-state index in [1.165, 1.54) is 30.8 Å². The summed E-state index contributed by atoms with van der Waals surface area (Å²) in [5, 5.41) is 36.2. The van der Waals surface area contributed by atoms with Gasteiger partial charge < -0.3 is 42.3 Å². The number of benzene rings is 2. The highest BCUT2D eigenvalue weighted by Gasteiger charge is 2.27. The number of carbonyl (C=O) groups is 6. The SMILES string of the molecule is CC(=O)O.CSCCC(NC(=O)C(Cc1ccccc1)NC(=O)CNC(=O)C(C)NC(=O)C(N)Cc1ccc(O)cc1)C(=O)O. The molecule has 2 rings (SSSR count). The summed E-state index contributed by atoms with van der Waals surface area (Å²) in [5.41, 5.74) is 7.41. The van der Waals surface area contributed by atoms with Crippen molar-refractivity contribution in [3.8, 4) is 5.75 Å². The van der Waals surface area contributed by atoms with E-state index >= 15 is 0 Å². The molecule has 0 fully saturated rings. The molecule has 0 bridgehead atoms. The van der Waals surface area contributed by atoms with Crippen molar-refractivity contribution in [1.82, 2.24) is 21.3 Å². The molecule has 0 heterocycles. The molecule has 0 saturated heterocycles. The number of rotatable bonds is 16. The van der Waals surface area contributed by atoms with E-state index in [0.29, 0.717) is 5.75 Å². The van der Waals surface area contributed by atoms with Crippen LogP contribution in [0.25, 0.3) is 0 Å². The molecule has 45 heavy (non-hydrogen) atoms. The summed E-state index contributed by atoms with van der Waals surface area (Å²) in [4.78, 5) is 71.2. The Morgan fingerprint density at radius 3 is 1.93 bits per heavy atom. The van der Waals surface area contributed by atoms with E-state index in [-0.39, 0.29) is 25.0 Å². The van der Waals surface area contributed by atoms with Crippen molar-refractivity contribution in [3.05, 3.63) is 65.7 Å². The normalized spacial score (nSPS) is 13.0. The molecule has 0 aliphatic heterocycles. The fourth-order valence-corrected chi connectivity index (χ4v) is 4.23. The van der Waals surface area contributed by atoms with Crippen LogP contribution in [0.1, 0.15) is 31.4 Å². The van der Waals surface area contributed by atoms with Crippen LogP contribution in [0.2, 0.25) is 0 Å². The van der Waals surface area contributed by atoms with Gasteiger partial charge in [0.15, 0.2) is 0 Å². The number of aromatic hydroxyl groups is 1. The van der Waals surface area contributed by atoms with Crippen molar-refractivity contribution in [2.75, 3.05) is 18.6 Å². The first kappa shape index (κ1) is 38.4. The molecule has 4 atom stereocenters. The van der Waals surface area contributed by atoms with Gasteiger partial charge in [-0.05, 0) is 55.0 Å². The van der Waals surface area contributed by atoms with Crippen LogP contribution >= 0.6 is 11.8 Å². The minimum atomic E-state index is -1.18. The monoisotopic (exact) mass is 647 g/mol. The van der Waals surface area contributed by atoms with Crippen molar-refractivity contribution < 1.29 is 44.1 Å². The quantitative estimate of drug-likeness (QED) is 0.121. The average Bonchev–Trinajstić information content (AvgIpc) is 2.98. The fourth-order valence-electron chi connectivity index (χ4n) is 3.75. The predicted octanol–water partition coefficient (Wildman–Crippen LogP) is 0.0238. The van der Waals surface area contributed by atoms with E-state index in [0.717, 1.165) is 18.1 Å². The summed E-state index contributed by atoms with van der Waals surface area (Å²) in [7, 11) is 0. The Hall–Kier alpha value is -4.63. The van der Waals surface area contributed by atoms with Crippen LogP contribution in [0.15, 0.2) is 54.6 Å². The molecular weight excluding hydrogens is 606 g/mol.